The number of unbranched alkanes of at least 4 members (excludes halogenated alkanes) is 1. The molecule has 0 N–H and O–H groups in total. The highest BCUT2D eigenvalue weighted by Gasteiger charge is 2.26. The van der Waals surface area contributed by atoms with E-state index in [4.69, 9.17) is 18.3 Å². The van der Waals surface area contributed by atoms with Crippen LogP contribution >= 0.6 is 8.60 Å². The quantitative estimate of drug-likeness (QED) is 0.110. The number of carbonyl (C=O) groups excluding carboxylic acids is 1. The van der Waals surface area contributed by atoms with Crippen LogP contribution < -0.4 is 0 Å². The van der Waals surface area contributed by atoms with Crippen LogP contribution in [0.15, 0.2) is 52.9 Å². The summed E-state index contributed by atoms with van der Waals surface area (Å²) in [6.07, 6.45) is 5.07. The minimum absolute atomic E-state index is 0.0594. The van der Waals surface area contributed by atoms with E-state index in [-0.39, 0.29) is 24.8 Å². The Hall–Kier alpha value is -2.06. The maximum atomic E-state index is 14.1. The van der Waals surface area contributed by atoms with E-state index < -0.39 is 19.8 Å². The van der Waals surface area contributed by atoms with E-state index in [0.29, 0.717) is 38.2 Å². The molecule has 0 aromatic heterocycles. The van der Waals surface area contributed by atoms with Gasteiger partial charge in [0.25, 0.3) is 0 Å². The third kappa shape index (κ3) is 8.47. The van der Waals surface area contributed by atoms with Crippen LogP contribution in [0.3, 0.4) is 0 Å². The highest BCUT2D eigenvalue weighted by Crippen LogP contribution is 2.44. The van der Waals surface area contributed by atoms with Gasteiger partial charge in [-0.3, -0.25) is 4.79 Å². The second-order valence-electron chi connectivity index (χ2n) is 8.37. The van der Waals surface area contributed by atoms with Gasteiger partial charge in [0.1, 0.15) is 12.1 Å². The van der Waals surface area contributed by atoms with Crippen molar-refractivity contribution < 1.29 is 32.0 Å². The Balaban J connectivity index is 1.62. The first-order chi connectivity index (χ1) is 17.8. The molecule has 1 atom stereocenters. The number of benzene rings is 2. The van der Waals surface area contributed by atoms with Crippen molar-refractivity contribution >= 4 is 43.0 Å². The van der Waals surface area contributed by atoms with Crippen molar-refractivity contribution in [2.24, 2.45) is 0 Å². The lowest BCUT2D eigenvalue weighted by molar-refractivity contribution is -0.142. The van der Waals surface area contributed by atoms with Crippen LogP contribution in [-0.4, -0.2) is 43.2 Å². The average molecular weight is 549 g/mol. The van der Waals surface area contributed by atoms with Crippen molar-refractivity contribution in [1.29, 1.82) is 0 Å². The van der Waals surface area contributed by atoms with E-state index >= 15 is 0 Å². The van der Waals surface area contributed by atoms with Crippen LogP contribution in [-0.2, 0) is 34.3 Å². The van der Waals surface area contributed by atoms with Gasteiger partial charge >= 0.3 is 14.6 Å². The molecule has 37 heavy (non-hydrogen) atoms. The maximum Gasteiger partial charge on any atom is 0.332 e. The molecule has 0 spiro atoms. The van der Waals surface area contributed by atoms with Gasteiger partial charge in [-0.15, -0.1) is 0 Å². The predicted molar refractivity (Wildman–Crippen MR) is 147 cm³/mol. The molecule has 0 bridgehead atoms. The molecule has 0 aliphatic heterocycles. The van der Waals surface area contributed by atoms with E-state index in [9.17, 15) is 13.7 Å². The third-order valence-corrected chi connectivity index (χ3v) is 8.03. The second-order valence-corrected chi connectivity index (χ2v) is 11.0. The van der Waals surface area contributed by atoms with Crippen LogP contribution in [0.1, 0.15) is 56.7 Å². The van der Waals surface area contributed by atoms with Crippen LogP contribution in [0.4, 0.5) is 4.39 Å². The normalized spacial score (nSPS) is 14.9. The van der Waals surface area contributed by atoms with Gasteiger partial charge in [0.15, 0.2) is 4.90 Å². The molecule has 0 amide bonds. The fourth-order valence-corrected chi connectivity index (χ4v) is 5.39. The average Bonchev–Trinajstić information content (AvgIpc) is 3.11. The molecule has 3 rings (SSSR count). The lowest BCUT2D eigenvalue weighted by Crippen LogP contribution is -2.07. The number of carbonyl (C=O) groups is 1. The summed E-state index contributed by atoms with van der Waals surface area (Å²) in [5.74, 6) is -0.708. The molecule has 0 heterocycles. The Kier molecular flexibility index (Phi) is 11.8. The van der Waals surface area contributed by atoms with Gasteiger partial charge in [0, 0.05) is 0 Å². The zero-order chi connectivity index (χ0) is 26.8. The monoisotopic (exact) mass is 548 g/mol. The molecule has 0 fully saturated rings. The standard InChI is InChI=1S/C28H34FO6PS/c1-5-33-36(34-6-2)35-16-8-7-15-32-28(30)19-26-20(3)25(24-14-11-22(29)18-27(24)26)17-21-9-12-23(13-10-21)37(4)31/h9-14,17-18H,5-8,15-16,19H2,1-4H3/b25-17-. The number of fused-ring (bicyclic) bond motifs is 1. The fraction of sp³-hybridized carbons (Fsp3) is 0.393. The molecule has 0 saturated heterocycles. The van der Waals surface area contributed by atoms with Crippen LogP contribution in [0.25, 0.3) is 17.2 Å². The lowest BCUT2D eigenvalue weighted by atomic mass is 10.0. The van der Waals surface area contributed by atoms with Gasteiger partial charge in [-0.25, -0.2) is 4.39 Å². The van der Waals surface area contributed by atoms with Crippen molar-refractivity contribution in [3.8, 4) is 0 Å². The Labute approximate surface area is 223 Å². The minimum Gasteiger partial charge on any atom is -0.612 e. The maximum absolute atomic E-state index is 14.1. The Morgan fingerprint density at radius 3 is 2.32 bits per heavy atom. The molecule has 1 aliphatic rings. The summed E-state index contributed by atoms with van der Waals surface area (Å²) < 4.78 is 47.7. The van der Waals surface area contributed by atoms with E-state index in [1.54, 1.807) is 12.3 Å². The van der Waals surface area contributed by atoms with Gasteiger partial charge in [-0.2, -0.15) is 0 Å². The van der Waals surface area contributed by atoms with Gasteiger partial charge in [-0.1, -0.05) is 6.07 Å². The van der Waals surface area contributed by atoms with Crippen LogP contribution in [0.5, 0.6) is 0 Å². The van der Waals surface area contributed by atoms with Gasteiger partial charge in [0.05, 0.1) is 32.8 Å². The summed E-state index contributed by atoms with van der Waals surface area (Å²) in [4.78, 5) is 13.4. The molecule has 1 aliphatic carbocycles. The molecule has 0 radical (unpaired) electrons. The number of hydrogen-bond donors (Lipinski definition) is 0. The molecule has 1 unspecified atom stereocenters. The van der Waals surface area contributed by atoms with E-state index in [1.807, 2.05) is 51.1 Å². The third-order valence-electron chi connectivity index (χ3n) is 5.77. The zero-order valence-electron chi connectivity index (χ0n) is 21.8. The van der Waals surface area contributed by atoms with Crippen molar-refractivity contribution in [2.75, 3.05) is 32.7 Å². The number of hydrogen-bond acceptors (Lipinski definition) is 6. The molecule has 6 nitrogen and oxygen atoms in total. The summed E-state index contributed by atoms with van der Waals surface area (Å²) >= 11 is -1.05. The van der Waals surface area contributed by atoms with Gasteiger partial charge < -0.3 is 22.9 Å². The Bertz CT molecular complexity index is 1110. The number of halogens is 1. The first-order valence-electron chi connectivity index (χ1n) is 12.3. The first-order valence-corrected chi connectivity index (χ1v) is 15.0. The van der Waals surface area contributed by atoms with Crippen molar-refractivity contribution in [2.45, 2.75) is 44.9 Å². The summed E-state index contributed by atoms with van der Waals surface area (Å²) in [7, 11) is -1.33. The van der Waals surface area contributed by atoms with Crippen LogP contribution in [0.2, 0.25) is 0 Å². The molecule has 2 aromatic rings. The summed E-state index contributed by atoms with van der Waals surface area (Å²) in [6.45, 7) is 7.50. The molecule has 9 heteroatoms. The minimum atomic E-state index is -1.33. The molecular weight excluding hydrogens is 514 g/mol. The number of rotatable bonds is 14. The first kappa shape index (κ1) is 29.5. The largest absolute Gasteiger partial charge is 0.612 e. The van der Waals surface area contributed by atoms with Crippen LogP contribution in [0, 0.1) is 5.82 Å². The molecular formula is C28H34FO6PS. The SMILES string of the molecule is CCOP(OCC)OCCCCOC(=O)CC1=C(C)/C(=C/c2ccc([S+](C)[O-])cc2)c2ccc(F)cc21. The smallest absolute Gasteiger partial charge is 0.332 e. The van der Waals surface area contributed by atoms with E-state index in [0.717, 1.165) is 32.7 Å². The van der Waals surface area contributed by atoms with Crippen molar-refractivity contribution in [3.63, 3.8) is 0 Å². The zero-order valence-corrected chi connectivity index (χ0v) is 23.5. The summed E-state index contributed by atoms with van der Waals surface area (Å²) in [6, 6.07) is 12.1. The number of esters is 1. The molecule has 200 valence electrons. The number of ether oxygens (including phenoxy) is 1. The van der Waals surface area contributed by atoms with E-state index in [1.165, 1.54) is 12.1 Å². The van der Waals surface area contributed by atoms with E-state index in [2.05, 4.69) is 0 Å². The highest BCUT2D eigenvalue weighted by atomic mass is 32.2. The second kappa shape index (κ2) is 14.8. The summed E-state index contributed by atoms with van der Waals surface area (Å²) in [5.41, 5.74) is 5.12. The highest BCUT2D eigenvalue weighted by molar-refractivity contribution is 7.90. The predicted octanol–water partition coefficient (Wildman–Crippen LogP) is 6.92. The lowest BCUT2D eigenvalue weighted by Gasteiger charge is -2.14. The van der Waals surface area contributed by atoms with Crippen molar-refractivity contribution in [3.05, 3.63) is 70.5 Å². The molecule has 0 saturated carbocycles. The topological polar surface area (TPSA) is 77.0 Å². The fourth-order valence-electron chi connectivity index (χ4n) is 3.95. The number of allylic oxidation sites excluding steroid dienone is 2. The molecule has 2 aromatic carbocycles. The summed E-state index contributed by atoms with van der Waals surface area (Å²) in [5, 5.41) is 0. The van der Waals surface area contributed by atoms with Crippen molar-refractivity contribution in [1.82, 2.24) is 0 Å². The Morgan fingerprint density at radius 1 is 1.00 bits per heavy atom. The van der Waals surface area contributed by atoms with Gasteiger partial charge in [0.2, 0.25) is 0 Å². The Morgan fingerprint density at radius 2 is 1.68 bits per heavy atom. The van der Waals surface area contributed by atoms with Gasteiger partial charge in [-0.05, 0) is 121 Å².